The Morgan fingerprint density at radius 1 is 1.73 bits per heavy atom. The summed E-state index contributed by atoms with van der Waals surface area (Å²) >= 11 is 1.88. The Labute approximate surface area is 70.3 Å². The Hall–Kier alpha value is -0.220. The SMILES string of the molecule is NCC(CC1CSC1)C(=O)O. The molecule has 0 saturated carbocycles. The lowest BCUT2D eigenvalue weighted by molar-refractivity contribution is -0.141. The fourth-order valence-electron chi connectivity index (χ4n) is 1.12. The maximum Gasteiger partial charge on any atom is 0.307 e. The second kappa shape index (κ2) is 3.97. The van der Waals surface area contributed by atoms with Crippen molar-refractivity contribution in [1.82, 2.24) is 0 Å². The third kappa shape index (κ3) is 2.38. The average Bonchev–Trinajstić information content (AvgIpc) is 1.85. The van der Waals surface area contributed by atoms with Crippen molar-refractivity contribution in [3.63, 3.8) is 0 Å². The van der Waals surface area contributed by atoms with Gasteiger partial charge in [0.2, 0.25) is 0 Å². The van der Waals surface area contributed by atoms with Crippen LogP contribution in [0, 0.1) is 11.8 Å². The van der Waals surface area contributed by atoms with Crippen LogP contribution in [0.15, 0.2) is 0 Å². The second-order valence-electron chi connectivity index (χ2n) is 2.91. The smallest absolute Gasteiger partial charge is 0.307 e. The van der Waals surface area contributed by atoms with Gasteiger partial charge in [-0.25, -0.2) is 0 Å². The molecule has 0 aromatic rings. The minimum atomic E-state index is -0.746. The highest BCUT2D eigenvalue weighted by atomic mass is 32.2. The van der Waals surface area contributed by atoms with E-state index >= 15 is 0 Å². The van der Waals surface area contributed by atoms with Crippen LogP contribution in [0.25, 0.3) is 0 Å². The highest BCUT2D eigenvalue weighted by molar-refractivity contribution is 8.00. The summed E-state index contributed by atoms with van der Waals surface area (Å²) in [7, 11) is 0. The van der Waals surface area contributed by atoms with E-state index in [0.717, 1.165) is 17.9 Å². The molecule has 0 radical (unpaired) electrons. The lowest BCUT2D eigenvalue weighted by Gasteiger charge is -2.26. The van der Waals surface area contributed by atoms with Crippen LogP contribution >= 0.6 is 11.8 Å². The molecule has 0 bridgehead atoms. The number of carboxylic acid groups (broad SMARTS) is 1. The molecule has 64 valence electrons. The van der Waals surface area contributed by atoms with Crippen molar-refractivity contribution in [2.75, 3.05) is 18.1 Å². The molecule has 0 aromatic heterocycles. The van der Waals surface area contributed by atoms with Gasteiger partial charge in [-0.15, -0.1) is 0 Å². The van der Waals surface area contributed by atoms with E-state index in [4.69, 9.17) is 10.8 Å². The molecule has 1 aliphatic heterocycles. The summed E-state index contributed by atoms with van der Waals surface area (Å²) in [4.78, 5) is 10.5. The van der Waals surface area contributed by atoms with Crippen LogP contribution < -0.4 is 5.73 Å². The monoisotopic (exact) mass is 175 g/mol. The summed E-state index contributed by atoms with van der Waals surface area (Å²) in [6.45, 7) is 0.274. The molecule has 1 rings (SSSR count). The second-order valence-corrected chi connectivity index (χ2v) is 3.98. The van der Waals surface area contributed by atoms with Crippen molar-refractivity contribution in [1.29, 1.82) is 0 Å². The van der Waals surface area contributed by atoms with Crippen LogP contribution in [0.1, 0.15) is 6.42 Å². The molecule has 1 aliphatic rings. The molecule has 1 heterocycles. The molecule has 11 heavy (non-hydrogen) atoms. The highest BCUT2D eigenvalue weighted by Gasteiger charge is 2.25. The quantitative estimate of drug-likeness (QED) is 0.649. The maximum atomic E-state index is 10.5. The Morgan fingerprint density at radius 3 is 2.64 bits per heavy atom. The maximum absolute atomic E-state index is 10.5. The predicted octanol–water partition coefficient (Wildman–Crippen LogP) is 0.399. The van der Waals surface area contributed by atoms with E-state index < -0.39 is 5.97 Å². The Bertz CT molecular complexity index is 147. The van der Waals surface area contributed by atoms with Gasteiger partial charge < -0.3 is 10.8 Å². The molecule has 3 N–H and O–H groups in total. The Morgan fingerprint density at radius 2 is 2.36 bits per heavy atom. The number of nitrogens with two attached hydrogens (primary N) is 1. The van der Waals surface area contributed by atoms with Crippen molar-refractivity contribution in [2.24, 2.45) is 17.6 Å². The van der Waals surface area contributed by atoms with E-state index in [-0.39, 0.29) is 12.5 Å². The fraction of sp³-hybridized carbons (Fsp3) is 0.857. The van der Waals surface area contributed by atoms with Crippen molar-refractivity contribution in [3.8, 4) is 0 Å². The van der Waals surface area contributed by atoms with Crippen LogP contribution in [-0.2, 0) is 4.79 Å². The van der Waals surface area contributed by atoms with Crippen molar-refractivity contribution in [3.05, 3.63) is 0 Å². The van der Waals surface area contributed by atoms with Crippen LogP contribution in [0.2, 0.25) is 0 Å². The minimum absolute atomic E-state index is 0.274. The van der Waals surface area contributed by atoms with E-state index in [1.807, 2.05) is 11.8 Å². The minimum Gasteiger partial charge on any atom is -0.481 e. The highest BCUT2D eigenvalue weighted by Crippen LogP contribution is 2.29. The van der Waals surface area contributed by atoms with Crippen LogP contribution in [-0.4, -0.2) is 29.1 Å². The first-order chi connectivity index (χ1) is 5.24. The summed E-state index contributed by atoms with van der Waals surface area (Å²) in [6.07, 6.45) is 0.763. The summed E-state index contributed by atoms with van der Waals surface area (Å²) in [5.41, 5.74) is 5.31. The third-order valence-corrected chi connectivity index (χ3v) is 3.37. The summed E-state index contributed by atoms with van der Waals surface area (Å²) in [6, 6.07) is 0. The molecule has 1 unspecified atom stereocenters. The number of aliphatic carboxylic acids is 1. The summed E-state index contributed by atoms with van der Waals surface area (Å²) in [5.74, 6) is 1.77. The topological polar surface area (TPSA) is 63.3 Å². The first-order valence-corrected chi connectivity index (χ1v) is 4.90. The molecule has 0 spiro atoms. The fourth-order valence-corrected chi connectivity index (χ4v) is 1.96. The summed E-state index contributed by atoms with van der Waals surface area (Å²) < 4.78 is 0. The van der Waals surface area contributed by atoms with E-state index in [1.54, 1.807) is 0 Å². The van der Waals surface area contributed by atoms with Crippen LogP contribution in [0.5, 0.6) is 0 Å². The molecule has 0 aliphatic carbocycles. The number of hydrogen-bond donors (Lipinski definition) is 2. The lowest BCUT2D eigenvalue weighted by Crippen LogP contribution is -2.30. The number of thioether (sulfide) groups is 1. The zero-order valence-corrected chi connectivity index (χ0v) is 7.14. The van der Waals surface area contributed by atoms with Gasteiger partial charge in [0.05, 0.1) is 5.92 Å². The number of rotatable bonds is 4. The van der Waals surface area contributed by atoms with Crippen molar-refractivity contribution in [2.45, 2.75) is 6.42 Å². The normalized spacial score (nSPS) is 20.8. The molecular formula is C7H13NO2S. The molecule has 1 atom stereocenters. The largest absolute Gasteiger partial charge is 0.481 e. The average molecular weight is 175 g/mol. The first kappa shape index (κ1) is 8.87. The molecular weight excluding hydrogens is 162 g/mol. The van der Waals surface area contributed by atoms with Crippen molar-refractivity contribution < 1.29 is 9.90 Å². The zero-order valence-electron chi connectivity index (χ0n) is 6.32. The number of carbonyl (C=O) groups is 1. The van der Waals surface area contributed by atoms with E-state index in [0.29, 0.717) is 5.92 Å². The molecule has 1 saturated heterocycles. The van der Waals surface area contributed by atoms with Gasteiger partial charge in [-0.05, 0) is 23.8 Å². The van der Waals surface area contributed by atoms with Gasteiger partial charge in [-0.3, -0.25) is 4.79 Å². The number of hydrogen-bond acceptors (Lipinski definition) is 3. The van der Waals surface area contributed by atoms with Gasteiger partial charge in [0.15, 0.2) is 0 Å². The molecule has 0 amide bonds. The van der Waals surface area contributed by atoms with Crippen molar-refractivity contribution >= 4 is 17.7 Å². The molecule has 4 heteroatoms. The van der Waals surface area contributed by atoms with E-state index in [9.17, 15) is 4.79 Å². The van der Waals surface area contributed by atoms with Gasteiger partial charge in [0.1, 0.15) is 0 Å². The van der Waals surface area contributed by atoms with Gasteiger partial charge >= 0.3 is 5.97 Å². The van der Waals surface area contributed by atoms with Crippen LogP contribution in [0.4, 0.5) is 0 Å². The first-order valence-electron chi connectivity index (χ1n) is 3.74. The van der Waals surface area contributed by atoms with Gasteiger partial charge in [0.25, 0.3) is 0 Å². The van der Waals surface area contributed by atoms with Crippen LogP contribution in [0.3, 0.4) is 0 Å². The standard InChI is InChI=1S/C7H13NO2S/c8-2-6(7(9)10)1-5-3-11-4-5/h5-6H,1-4,8H2,(H,9,10). The van der Waals surface area contributed by atoms with Gasteiger partial charge in [-0.1, -0.05) is 0 Å². The van der Waals surface area contributed by atoms with E-state index in [2.05, 4.69) is 0 Å². The van der Waals surface area contributed by atoms with E-state index in [1.165, 1.54) is 0 Å². The molecule has 1 fully saturated rings. The summed E-state index contributed by atoms with van der Waals surface area (Å²) in [5, 5.41) is 8.65. The Balaban J connectivity index is 2.24. The third-order valence-electron chi connectivity index (χ3n) is 1.96. The lowest BCUT2D eigenvalue weighted by atomic mass is 9.97. The predicted molar refractivity (Wildman–Crippen MR) is 45.6 cm³/mol. The van der Waals surface area contributed by atoms with Gasteiger partial charge in [0, 0.05) is 6.54 Å². The molecule has 0 aromatic carbocycles. The Kier molecular flexibility index (Phi) is 3.20. The zero-order chi connectivity index (χ0) is 8.27. The van der Waals surface area contributed by atoms with Gasteiger partial charge in [-0.2, -0.15) is 11.8 Å². The number of carboxylic acids is 1. The molecule has 3 nitrogen and oxygen atoms in total.